The largest absolute Gasteiger partial charge is 0.462 e. The Hall–Kier alpha value is -3.67. The fourth-order valence-corrected chi connectivity index (χ4v) is 8.04. The lowest BCUT2D eigenvalue weighted by Gasteiger charge is -2.18. The van der Waals surface area contributed by atoms with Crippen molar-refractivity contribution in [1.29, 1.82) is 0 Å². The quantitative estimate of drug-likeness (QED) is 0.0262. The fourth-order valence-electron chi connectivity index (χ4n) is 8.04. The van der Waals surface area contributed by atoms with E-state index in [9.17, 15) is 14.4 Å². The topological polar surface area (TPSA) is 78.9 Å². The molecule has 0 rings (SSSR count). The van der Waals surface area contributed by atoms with Crippen molar-refractivity contribution in [3.8, 4) is 0 Å². The minimum Gasteiger partial charge on any atom is -0.462 e. The second kappa shape index (κ2) is 57.9. The van der Waals surface area contributed by atoms with E-state index in [0.717, 1.165) is 89.9 Å². The number of esters is 3. The predicted molar refractivity (Wildman–Crippen MR) is 302 cm³/mol. The second-order valence-electron chi connectivity index (χ2n) is 19.1. The Morgan fingerprint density at radius 1 is 0.300 bits per heavy atom. The molecule has 1 unspecified atom stereocenters. The van der Waals surface area contributed by atoms with Crippen LogP contribution in [0.5, 0.6) is 0 Å². The summed E-state index contributed by atoms with van der Waals surface area (Å²) in [6.45, 7) is 6.37. The normalized spacial score (nSPS) is 12.8. The molecule has 6 nitrogen and oxygen atoms in total. The smallest absolute Gasteiger partial charge is 0.306 e. The van der Waals surface area contributed by atoms with E-state index in [1.165, 1.54) is 135 Å². The molecule has 0 aliphatic heterocycles. The fraction of sp³-hybridized carbons (Fsp3) is 0.703. The molecule has 0 bridgehead atoms. The van der Waals surface area contributed by atoms with E-state index in [1.54, 1.807) is 0 Å². The highest BCUT2D eigenvalue weighted by Gasteiger charge is 2.19. The first kappa shape index (κ1) is 66.3. The molecule has 70 heavy (non-hydrogen) atoms. The highest BCUT2D eigenvalue weighted by atomic mass is 16.6. The maximum atomic E-state index is 12.9. The van der Waals surface area contributed by atoms with Crippen LogP contribution < -0.4 is 0 Å². The third kappa shape index (κ3) is 55.3. The van der Waals surface area contributed by atoms with Gasteiger partial charge in [0, 0.05) is 19.3 Å². The molecule has 0 radical (unpaired) electrons. The Kier molecular flexibility index (Phi) is 54.9. The Bertz CT molecular complexity index is 1400. The lowest BCUT2D eigenvalue weighted by molar-refractivity contribution is -0.166. The van der Waals surface area contributed by atoms with Gasteiger partial charge < -0.3 is 14.2 Å². The van der Waals surface area contributed by atoms with Gasteiger partial charge in [-0.15, -0.1) is 0 Å². The molecule has 0 saturated heterocycles. The van der Waals surface area contributed by atoms with Crippen LogP contribution in [0.3, 0.4) is 0 Å². The van der Waals surface area contributed by atoms with E-state index in [-0.39, 0.29) is 37.5 Å². The highest BCUT2D eigenvalue weighted by molar-refractivity contribution is 5.71. The Morgan fingerprint density at radius 3 is 0.957 bits per heavy atom. The summed E-state index contributed by atoms with van der Waals surface area (Å²) in [6.07, 6.45) is 77.0. The van der Waals surface area contributed by atoms with Crippen LogP contribution >= 0.6 is 0 Å². The average molecular weight is 974 g/mol. The number of carbonyl (C=O) groups excluding carboxylic acids is 3. The number of hydrogen-bond donors (Lipinski definition) is 0. The van der Waals surface area contributed by atoms with E-state index in [4.69, 9.17) is 14.2 Å². The van der Waals surface area contributed by atoms with Gasteiger partial charge in [-0.05, 0) is 83.5 Å². The SMILES string of the molecule is CC/C=C\C/C=C\C/C=C\C/C=C\C/C=C\CCC(=O)OCC(COC(=O)CCCCCCCCCCC/C=C\C/C=C\C/C=C\CC)OC(=O)CCCCCCCCCCCCCCCCCCC. The van der Waals surface area contributed by atoms with E-state index in [0.29, 0.717) is 19.3 Å². The standard InChI is InChI=1S/C64H108O6/c1-4-7-10-13-16-19-22-25-28-31-32-34-36-39-42-45-48-51-54-57-63(66)69-60-61(59-68-62(65)56-53-50-47-44-41-38-35-30-27-24-21-18-15-12-9-6-3)70-64(67)58-55-52-49-46-43-40-37-33-29-26-23-20-17-14-11-8-5-2/h7,9-10,12,16,18-19,21,25,27-28,30,38,41,47,50,61H,4-6,8,11,13-15,17,20,22-24,26,29,31-37,39-40,42-46,48-49,51-60H2,1-3H3/b10-7-,12-9-,19-16-,21-18-,28-25-,30-27-,41-38-,50-47-. The summed E-state index contributed by atoms with van der Waals surface area (Å²) in [5.74, 6) is -0.986. The molecule has 0 aromatic heterocycles. The van der Waals surface area contributed by atoms with Gasteiger partial charge in [-0.25, -0.2) is 0 Å². The highest BCUT2D eigenvalue weighted by Crippen LogP contribution is 2.16. The zero-order chi connectivity index (χ0) is 50.7. The molecule has 0 aromatic carbocycles. The van der Waals surface area contributed by atoms with Crippen molar-refractivity contribution in [2.24, 2.45) is 0 Å². The average Bonchev–Trinajstić information content (AvgIpc) is 3.36. The minimum atomic E-state index is -0.809. The van der Waals surface area contributed by atoms with Crippen molar-refractivity contribution in [3.05, 3.63) is 97.2 Å². The van der Waals surface area contributed by atoms with E-state index < -0.39 is 6.10 Å². The van der Waals surface area contributed by atoms with Gasteiger partial charge in [0.15, 0.2) is 6.10 Å². The molecule has 1 atom stereocenters. The molecule has 0 fully saturated rings. The number of hydrogen-bond acceptors (Lipinski definition) is 6. The molecule has 0 N–H and O–H groups in total. The first-order valence-corrected chi connectivity index (χ1v) is 29.2. The molecule has 0 amide bonds. The number of allylic oxidation sites excluding steroid dienone is 16. The van der Waals surface area contributed by atoms with Crippen LogP contribution in [0.15, 0.2) is 97.2 Å². The van der Waals surface area contributed by atoms with Gasteiger partial charge in [0.05, 0.1) is 0 Å². The number of rotatable bonds is 52. The molecule has 0 aromatic rings. The third-order valence-corrected chi connectivity index (χ3v) is 12.3. The molecular formula is C64H108O6. The first-order chi connectivity index (χ1) is 34.5. The van der Waals surface area contributed by atoms with Crippen LogP contribution in [-0.4, -0.2) is 37.2 Å². The van der Waals surface area contributed by atoms with Crippen molar-refractivity contribution in [3.63, 3.8) is 0 Å². The maximum absolute atomic E-state index is 12.9. The molecular weight excluding hydrogens is 865 g/mol. The summed E-state index contributed by atoms with van der Waals surface area (Å²) < 4.78 is 16.8. The van der Waals surface area contributed by atoms with Crippen LogP contribution in [0.2, 0.25) is 0 Å². The van der Waals surface area contributed by atoms with Crippen LogP contribution in [0, 0.1) is 0 Å². The first-order valence-electron chi connectivity index (χ1n) is 29.2. The van der Waals surface area contributed by atoms with Crippen LogP contribution in [0.1, 0.15) is 271 Å². The molecule has 0 aliphatic rings. The molecule has 0 saturated carbocycles. The number of ether oxygens (including phenoxy) is 3. The Balaban J connectivity index is 4.46. The predicted octanol–water partition coefficient (Wildman–Crippen LogP) is 19.7. The Morgan fingerprint density at radius 2 is 0.586 bits per heavy atom. The lowest BCUT2D eigenvalue weighted by atomic mass is 10.0. The molecule has 0 aliphatic carbocycles. The van der Waals surface area contributed by atoms with Gasteiger partial charge in [0.25, 0.3) is 0 Å². The van der Waals surface area contributed by atoms with Crippen molar-refractivity contribution in [1.82, 2.24) is 0 Å². The molecule has 400 valence electrons. The van der Waals surface area contributed by atoms with Gasteiger partial charge in [-0.1, -0.05) is 266 Å². The van der Waals surface area contributed by atoms with Crippen LogP contribution in [-0.2, 0) is 28.6 Å². The zero-order valence-corrected chi connectivity index (χ0v) is 45.8. The van der Waals surface area contributed by atoms with E-state index >= 15 is 0 Å². The van der Waals surface area contributed by atoms with Gasteiger partial charge >= 0.3 is 17.9 Å². The maximum Gasteiger partial charge on any atom is 0.306 e. The van der Waals surface area contributed by atoms with Crippen molar-refractivity contribution >= 4 is 17.9 Å². The van der Waals surface area contributed by atoms with E-state index in [2.05, 4.69) is 112 Å². The van der Waals surface area contributed by atoms with E-state index in [1.807, 2.05) is 6.08 Å². The third-order valence-electron chi connectivity index (χ3n) is 12.3. The van der Waals surface area contributed by atoms with Crippen molar-refractivity contribution in [2.75, 3.05) is 13.2 Å². The summed E-state index contributed by atoms with van der Waals surface area (Å²) >= 11 is 0. The lowest BCUT2D eigenvalue weighted by Crippen LogP contribution is -2.30. The summed E-state index contributed by atoms with van der Waals surface area (Å²) in [6, 6.07) is 0. The summed E-state index contributed by atoms with van der Waals surface area (Å²) in [5.41, 5.74) is 0. The van der Waals surface area contributed by atoms with Gasteiger partial charge in [0.2, 0.25) is 0 Å². The van der Waals surface area contributed by atoms with Gasteiger partial charge in [-0.2, -0.15) is 0 Å². The summed E-state index contributed by atoms with van der Waals surface area (Å²) in [4.78, 5) is 38.2. The monoisotopic (exact) mass is 973 g/mol. The van der Waals surface area contributed by atoms with Gasteiger partial charge in [-0.3, -0.25) is 14.4 Å². The summed E-state index contributed by atoms with van der Waals surface area (Å²) in [5, 5.41) is 0. The van der Waals surface area contributed by atoms with Gasteiger partial charge in [0.1, 0.15) is 13.2 Å². The van der Waals surface area contributed by atoms with Crippen molar-refractivity contribution in [2.45, 2.75) is 277 Å². The number of carbonyl (C=O) groups is 3. The zero-order valence-electron chi connectivity index (χ0n) is 45.8. The number of unbranched alkanes of at least 4 members (excludes halogenated alkanes) is 25. The van der Waals surface area contributed by atoms with Crippen molar-refractivity contribution < 1.29 is 28.6 Å². The van der Waals surface area contributed by atoms with Crippen LogP contribution in [0.25, 0.3) is 0 Å². The Labute approximate surface area is 432 Å². The molecule has 0 spiro atoms. The minimum absolute atomic E-state index is 0.102. The molecule has 6 heteroatoms. The summed E-state index contributed by atoms with van der Waals surface area (Å²) in [7, 11) is 0. The second-order valence-corrected chi connectivity index (χ2v) is 19.1. The molecule has 0 heterocycles. The van der Waals surface area contributed by atoms with Crippen LogP contribution in [0.4, 0.5) is 0 Å².